The van der Waals surface area contributed by atoms with E-state index in [0.29, 0.717) is 30.2 Å². The molecule has 3 rings (SSSR count). The van der Waals surface area contributed by atoms with Gasteiger partial charge >= 0.3 is 0 Å². The Kier molecular flexibility index (Phi) is 6.71. The Bertz CT molecular complexity index is 790. The quantitative estimate of drug-likeness (QED) is 0.792. The zero-order valence-corrected chi connectivity index (χ0v) is 16.3. The van der Waals surface area contributed by atoms with Crippen LogP contribution in [0, 0.1) is 5.82 Å². The number of hydrogen-bond acceptors (Lipinski definition) is 5. The van der Waals surface area contributed by atoms with Crippen LogP contribution in [-0.4, -0.2) is 57.8 Å². The number of benzene rings is 2. The van der Waals surface area contributed by atoms with E-state index in [4.69, 9.17) is 9.47 Å². The Morgan fingerprint density at radius 2 is 1.68 bits per heavy atom. The molecule has 28 heavy (non-hydrogen) atoms. The molecule has 0 atom stereocenters. The lowest BCUT2D eigenvalue weighted by Crippen LogP contribution is -2.47. The van der Waals surface area contributed by atoms with E-state index in [1.54, 1.807) is 32.4 Å². The Morgan fingerprint density at radius 3 is 2.32 bits per heavy atom. The predicted octanol–water partition coefficient (Wildman–Crippen LogP) is 2.99. The Labute approximate surface area is 164 Å². The molecule has 2 aromatic rings. The van der Waals surface area contributed by atoms with Gasteiger partial charge in [-0.05, 0) is 36.4 Å². The van der Waals surface area contributed by atoms with E-state index in [0.717, 1.165) is 31.9 Å². The van der Waals surface area contributed by atoms with Crippen molar-refractivity contribution in [2.45, 2.75) is 6.42 Å². The first-order chi connectivity index (χ1) is 13.6. The molecule has 1 N–H and O–H groups in total. The second-order valence-electron chi connectivity index (χ2n) is 6.67. The van der Waals surface area contributed by atoms with Crippen molar-refractivity contribution in [2.24, 2.45) is 0 Å². The Hall–Kier alpha value is -2.80. The number of anilines is 2. The van der Waals surface area contributed by atoms with Crippen molar-refractivity contribution in [1.82, 2.24) is 4.90 Å². The number of ether oxygens (including phenoxy) is 2. The summed E-state index contributed by atoms with van der Waals surface area (Å²) in [4.78, 5) is 16.8. The van der Waals surface area contributed by atoms with Crippen LogP contribution in [0.25, 0.3) is 0 Å². The van der Waals surface area contributed by atoms with E-state index in [1.807, 2.05) is 12.1 Å². The molecule has 1 fully saturated rings. The standard InChI is InChI=1S/C21H26FN3O3/c1-27-19-8-5-17(15-20(19)28-2)23-21(26)9-10-24-11-13-25(14-12-24)18-6-3-16(22)4-7-18/h3-8,15H,9-14H2,1-2H3,(H,23,26). The summed E-state index contributed by atoms with van der Waals surface area (Å²) in [6.07, 6.45) is 0.422. The molecule has 0 saturated carbocycles. The molecular formula is C21H26FN3O3. The Morgan fingerprint density at radius 1 is 1.00 bits per heavy atom. The minimum absolute atomic E-state index is 0.0341. The highest BCUT2D eigenvalue weighted by atomic mass is 19.1. The molecule has 1 heterocycles. The molecule has 1 aliphatic rings. The van der Waals surface area contributed by atoms with Crippen molar-refractivity contribution in [2.75, 3.05) is 57.2 Å². The number of carbonyl (C=O) groups excluding carboxylic acids is 1. The molecule has 0 unspecified atom stereocenters. The molecule has 1 saturated heterocycles. The SMILES string of the molecule is COc1ccc(NC(=O)CCN2CCN(c3ccc(F)cc3)CC2)cc1OC. The molecule has 7 heteroatoms. The van der Waals surface area contributed by atoms with Crippen molar-refractivity contribution in [3.05, 3.63) is 48.3 Å². The second-order valence-corrected chi connectivity index (χ2v) is 6.67. The molecule has 0 aromatic heterocycles. The Balaban J connectivity index is 1.44. The number of carbonyl (C=O) groups is 1. The topological polar surface area (TPSA) is 54.0 Å². The fraction of sp³-hybridized carbons (Fsp3) is 0.381. The molecule has 1 amide bonds. The molecule has 150 valence electrons. The number of amides is 1. The average molecular weight is 387 g/mol. The zero-order valence-electron chi connectivity index (χ0n) is 16.3. The highest BCUT2D eigenvalue weighted by molar-refractivity contribution is 5.91. The lowest BCUT2D eigenvalue weighted by Gasteiger charge is -2.36. The number of methoxy groups -OCH3 is 2. The van der Waals surface area contributed by atoms with Crippen LogP contribution in [0.5, 0.6) is 11.5 Å². The van der Waals surface area contributed by atoms with Crippen molar-refractivity contribution in [1.29, 1.82) is 0 Å². The van der Waals surface area contributed by atoms with Crippen LogP contribution in [0.4, 0.5) is 15.8 Å². The maximum atomic E-state index is 13.1. The first kappa shape index (κ1) is 19.9. The zero-order chi connectivity index (χ0) is 19.9. The second kappa shape index (κ2) is 9.41. The summed E-state index contributed by atoms with van der Waals surface area (Å²) in [5.74, 6) is 0.952. The van der Waals surface area contributed by atoms with Gasteiger partial charge in [-0.25, -0.2) is 4.39 Å². The van der Waals surface area contributed by atoms with Crippen LogP contribution in [-0.2, 0) is 4.79 Å². The largest absolute Gasteiger partial charge is 0.493 e. The maximum Gasteiger partial charge on any atom is 0.225 e. The van der Waals surface area contributed by atoms with Crippen molar-refractivity contribution in [3.63, 3.8) is 0 Å². The van der Waals surface area contributed by atoms with Crippen LogP contribution in [0.15, 0.2) is 42.5 Å². The third-order valence-electron chi connectivity index (χ3n) is 4.89. The van der Waals surface area contributed by atoms with Crippen molar-refractivity contribution in [3.8, 4) is 11.5 Å². The van der Waals surface area contributed by atoms with Gasteiger partial charge in [-0.3, -0.25) is 9.69 Å². The van der Waals surface area contributed by atoms with E-state index < -0.39 is 0 Å². The molecule has 0 radical (unpaired) electrons. The monoisotopic (exact) mass is 387 g/mol. The summed E-state index contributed by atoms with van der Waals surface area (Å²) in [6.45, 7) is 4.18. The first-order valence-corrected chi connectivity index (χ1v) is 9.34. The van der Waals surface area contributed by atoms with Crippen LogP contribution < -0.4 is 19.7 Å². The van der Waals surface area contributed by atoms with Crippen LogP contribution >= 0.6 is 0 Å². The maximum absolute atomic E-state index is 13.1. The molecule has 2 aromatic carbocycles. The molecule has 0 spiro atoms. The van der Waals surface area contributed by atoms with E-state index in [2.05, 4.69) is 15.1 Å². The highest BCUT2D eigenvalue weighted by Crippen LogP contribution is 2.29. The van der Waals surface area contributed by atoms with Gasteiger partial charge in [0.15, 0.2) is 11.5 Å². The van der Waals surface area contributed by atoms with Gasteiger partial charge < -0.3 is 19.7 Å². The first-order valence-electron chi connectivity index (χ1n) is 9.34. The number of nitrogens with zero attached hydrogens (tertiary/aromatic N) is 2. The van der Waals surface area contributed by atoms with Gasteiger partial charge in [0.2, 0.25) is 5.91 Å². The summed E-state index contributed by atoms with van der Waals surface area (Å²) in [5.41, 5.74) is 1.72. The average Bonchev–Trinajstić information content (AvgIpc) is 2.73. The number of piperazine rings is 1. The smallest absolute Gasteiger partial charge is 0.225 e. The summed E-state index contributed by atoms with van der Waals surface area (Å²) >= 11 is 0. The number of rotatable bonds is 7. The van der Waals surface area contributed by atoms with Gasteiger partial charge in [0.1, 0.15) is 5.82 Å². The highest BCUT2D eigenvalue weighted by Gasteiger charge is 2.18. The molecule has 0 aliphatic carbocycles. The van der Waals surface area contributed by atoms with E-state index in [9.17, 15) is 9.18 Å². The van der Waals surface area contributed by atoms with E-state index >= 15 is 0 Å². The fourth-order valence-corrected chi connectivity index (χ4v) is 3.28. The predicted molar refractivity (Wildman–Crippen MR) is 108 cm³/mol. The van der Waals surface area contributed by atoms with Crippen LogP contribution in [0.3, 0.4) is 0 Å². The van der Waals surface area contributed by atoms with Crippen molar-refractivity contribution >= 4 is 17.3 Å². The van der Waals surface area contributed by atoms with Gasteiger partial charge in [0, 0.05) is 56.6 Å². The summed E-state index contributed by atoms with van der Waals surface area (Å²) in [6, 6.07) is 11.9. The molecule has 6 nitrogen and oxygen atoms in total. The number of hydrogen-bond donors (Lipinski definition) is 1. The van der Waals surface area contributed by atoms with Gasteiger partial charge in [-0.2, -0.15) is 0 Å². The van der Waals surface area contributed by atoms with Gasteiger partial charge in [-0.15, -0.1) is 0 Å². The van der Waals surface area contributed by atoms with E-state index in [-0.39, 0.29) is 11.7 Å². The van der Waals surface area contributed by atoms with Crippen molar-refractivity contribution < 1.29 is 18.7 Å². The number of halogens is 1. The summed E-state index contributed by atoms with van der Waals surface area (Å²) < 4.78 is 23.5. The minimum Gasteiger partial charge on any atom is -0.493 e. The van der Waals surface area contributed by atoms with E-state index in [1.165, 1.54) is 12.1 Å². The fourth-order valence-electron chi connectivity index (χ4n) is 3.28. The molecule has 0 bridgehead atoms. The lowest BCUT2D eigenvalue weighted by molar-refractivity contribution is -0.116. The van der Waals surface area contributed by atoms with Gasteiger partial charge in [0.05, 0.1) is 14.2 Å². The summed E-state index contributed by atoms with van der Waals surface area (Å²) in [5, 5.41) is 2.90. The third kappa shape index (κ3) is 5.13. The third-order valence-corrected chi connectivity index (χ3v) is 4.89. The van der Waals surface area contributed by atoms with Gasteiger partial charge in [-0.1, -0.05) is 0 Å². The minimum atomic E-state index is -0.220. The lowest BCUT2D eigenvalue weighted by atomic mass is 10.2. The molecule has 1 aliphatic heterocycles. The molecular weight excluding hydrogens is 361 g/mol. The summed E-state index contributed by atoms with van der Waals surface area (Å²) in [7, 11) is 3.14. The van der Waals surface area contributed by atoms with Crippen LogP contribution in [0.2, 0.25) is 0 Å². The normalized spacial score (nSPS) is 14.6. The number of nitrogens with one attached hydrogen (secondary N) is 1. The van der Waals surface area contributed by atoms with Crippen LogP contribution in [0.1, 0.15) is 6.42 Å². The van der Waals surface area contributed by atoms with Gasteiger partial charge in [0.25, 0.3) is 0 Å².